The lowest BCUT2D eigenvalue weighted by Gasteiger charge is -2.03. The highest BCUT2D eigenvalue weighted by Gasteiger charge is 2.16. The first-order valence-corrected chi connectivity index (χ1v) is 7.59. The molecule has 0 bridgehead atoms. The molecule has 11 heteroatoms. The van der Waals surface area contributed by atoms with Gasteiger partial charge in [0.25, 0.3) is 5.69 Å². The lowest BCUT2D eigenvalue weighted by atomic mass is 10.3. The maximum atomic E-state index is 12.3. The molecule has 0 fully saturated rings. The maximum Gasteiger partial charge on any atom is 0.412 e. The van der Waals surface area contributed by atoms with E-state index in [0.717, 1.165) is 4.68 Å². The van der Waals surface area contributed by atoms with Crippen molar-refractivity contribution in [3.63, 3.8) is 0 Å². The second-order valence-corrected chi connectivity index (χ2v) is 5.25. The predicted molar refractivity (Wildman–Crippen MR) is 91.5 cm³/mol. The van der Waals surface area contributed by atoms with E-state index in [1.165, 1.54) is 24.3 Å². The van der Waals surface area contributed by atoms with Crippen molar-refractivity contribution in [3.05, 3.63) is 50.4 Å². The molecule has 0 aliphatic heterocycles. The molecule has 1 amide bonds. The SMILES string of the molecule is CCOC(=O)Nc1[nH]c2nn(-c3ccc([N+](=O)[O-])cc3)c(=O)nc2c1C. The summed E-state index contributed by atoms with van der Waals surface area (Å²) in [6, 6.07) is 5.32. The van der Waals surface area contributed by atoms with Gasteiger partial charge in [0.05, 0.1) is 17.2 Å². The van der Waals surface area contributed by atoms with Crippen LogP contribution in [-0.2, 0) is 4.74 Å². The number of carbonyl (C=O) groups excluding carboxylic acids is 1. The van der Waals surface area contributed by atoms with Gasteiger partial charge in [-0.15, -0.1) is 5.10 Å². The van der Waals surface area contributed by atoms with Crippen LogP contribution in [-0.4, -0.2) is 37.4 Å². The van der Waals surface area contributed by atoms with Gasteiger partial charge in [0.1, 0.15) is 11.3 Å². The first-order chi connectivity index (χ1) is 12.4. The zero-order chi connectivity index (χ0) is 18.8. The van der Waals surface area contributed by atoms with E-state index < -0.39 is 16.7 Å². The number of fused-ring (bicyclic) bond motifs is 1. The van der Waals surface area contributed by atoms with Crippen LogP contribution in [0.25, 0.3) is 16.9 Å². The van der Waals surface area contributed by atoms with Crippen LogP contribution in [0.3, 0.4) is 0 Å². The smallest absolute Gasteiger partial charge is 0.412 e. The predicted octanol–water partition coefficient (Wildman–Crippen LogP) is 1.89. The Balaban J connectivity index is 2.03. The quantitative estimate of drug-likeness (QED) is 0.535. The number of nitro groups is 1. The fourth-order valence-corrected chi connectivity index (χ4v) is 2.34. The molecule has 26 heavy (non-hydrogen) atoms. The minimum absolute atomic E-state index is 0.104. The van der Waals surface area contributed by atoms with Crippen molar-refractivity contribution in [3.8, 4) is 5.69 Å². The van der Waals surface area contributed by atoms with Gasteiger partial charge < -0.3 is 9.72 Å². The molecule has 0 saturated heterocycles. The highest BCUT2D eigenvalue weighted by molar-refractivity contribution is 5.90. The summed E-state index contributed by atoms with van der Waals surface area (Å²) in [4.78, 5) is 40.9. The number of rotatable bonds is 4. The molecule has 0 aliphatic carbocycles. The Hall–Kier alpha value is -3.76. The number of aryl methyl sites for hydroxylation is 1. The molecule has 0 spiro atoms. The summed E-state index contributed by atoms with van der Waals surface area (Å²) in [5, 5.41) is 17.4. The third-order valence-electron chi connectivity index (χ3n) is 3.59. The summed E-state index contributed by atoms with van der Waals surface area (Å²) >= 11 is 0. The summed E-state index contributed by atoms with van der Waals surface area (Å²) in [7, 11) is 0. The van der Waals surface area contributed by atoms with Crippen molar-refractivity contribution < 1.29 is 14.5 Å². The number of nitro benzene ring substituents is 1. The number of aromatic amines is 1. The average molecular weight is 358 g/mol. The number of carbonyl (C=O) groups is 1. The standard InChI is InChI=1S/C15H14N6O5/c1-3-26-15(23)18-12-8(2)11-13(17-12)19-20(14(22)16-11)9-4-6-10(7-5-9)21(24)25/h4-7H,3H2,1-2H3,(H,17,19)(H,18,23). The summed E-state index contributed by atoms with van der Waals surface area (Å²) in [6.07, 6.45) is -0.646. The molecule has 0 saturated carbocycles. The highest BCUT2D eigenvalue weighted by Crippen LogP contribution is 2.22. The number of anilines is 1. The van der Waals surface area contributed by atoms with Crippen LogP contribution in [0.4, 0.5) is 16.3 Å². The lowest BCUT2D eigenvalue weighted by Crippen LogP contribution is -2.23. The van der Waals surface area contributed by atoms with Crippen LogP contribution in [0.1, 0.15) is 12.5 Å². The molecule has 3 aromatic rings. The Kier molecular flexibility index (Phi) is 4.35. The topological polar surface area (TPSA) is 145 Å². The fourth-order valence-electron chi connectivity index (χ4n) is 2.34. The van der Waals surface area contributed by atoms with Gasteiger partial charge in [-0.25, -0.2) is 9.59 Å². The molecule has 0 unspecified atom stereocenters. The minimum Gasteiger partial charge on any atom is -0.450 e. The van der Waals surface area contributed by atoms with Crippen molar-refractivity contribution in [2.45, 2.75) is 13.8 Å². The van der Waals surface area contributed by atoms with Gasteiger partial charge in [-0.05, 0) is 26.0 Å². The number of non-ortho nitro benzene ring substituents is 1. The van der Waals surface area contributed by atoms with Crippen LogP contribution in [0.5, 0.6) is 0 Å². The van der Waals surface area contributed by atoms with Crippen LogP contribution >= 0.6 is 0 Å². The molecule has 11 nitrogen and oxygen atoms in total. The molecular weight excluding hydrogens is 344 g/mol. The number of ether oxygens (including phenoxy) is 1. The highest BCUT2D eigenvalue weighted by atomic mass is 16.6. The van der Waals surface area contributed by atoms with E-state index in [9.17, 15) is 19.7 Å². The molecule has 0 aliphatic rings. The van der Waals surface area contributed by atoms with Gasteiger partial charge in [0, 0.05) is 17.7 Å². The fraction of sp³-hybridized carbons (Fsp3) is 0.200. The van der Waals surface area contributed by atoms with Crippen LogP contribution in [0.15, 0.2) is 29.1 Å². The second-order valence-electron chi connectivity index (χ2n) is 5.25. The number of aromatic nitrogens is 4. The Morgan fingerprint density at radius 1 is 1.38 bits per heavy atom. The van der Waals surface area contributed by atoms with Gasteiger partial charge in [-0.1, -0.05) is 0 Å². The average Bonchev–Trinajstić information content (AvgIpc) is 2.90. The number of amides is 1. The lowest BCUT2D eigenvalue weighted by molar-refractivity contribution is -0.384. The number of nitrogens with zero attached hydrogens (tertiary/aromatic N) is 4. The number of hydrogen-bond donors (Lipinski definition) is 2. The Labute approximate surface area is 145 Å². The van der Waals surface area contributed by atoms with Crippen LogP contribution in [0, 0.1) is 17.0 Å². The zero-order valence-corrected chi connectivity index (χ0v) is 13.8. The van der Waals surface area contributed by atoms with E-state index in [4.69, 9.17) is 4.74 Å². The van der Waals surface area contributed by atoms with E-state index in [-0.39, 0.29) is 17.9 Å². The van der Waals surface area contributed by atoms with E-state index in [1.807, 2.05) is 0 Å². The van der Waals surface area contributed by atoms with Gasteiger partial charge in [-0.2, -0.15) is 9.67 Å². The summed E-state index contributed by atoms with van der Waals surface area (Å²) < 4.78 is 5.82. The number of H-pyrrole nitrogens is 1. The van der Waals surface area contributed by atoms with Gasteiger partial charge >= 0.3 is 11.8 Å². The van der Waals surface area contributed by atoms with Crippen molar-refractivity contribution in [2.75, 3.05) is 11.9 Å². The molecule has 2 heterocycles. The molecule has 1 aromatic carbocycles. The van der Waals surface area contributed by atoms with Crippen molar-refractivity contribution in [2.24, 2.45) is 0 Å². The van der Waals surface area contributed by atoms with Gasteiger partial charge in [0.15, 0.2) is 5.65 Å². The zero-order valence-electron chi connectivity index (χ0n) is 13.8. The van der Waals surface area contributed by atoms with E-state index >= 15 is 0 Å². The molecule has 2 N–H and O–H groups in total. The summed E-state index contributed by atoms with van der Waals surface area (Å²) in [5.74, 6) is 0.319. The number of hydrogen-bond acceptors (Lipinski definition) is 7. The van der Waals surface area contributed by atoms with Crippen molar-refractivity contribution >= 4 is 28.8 Å². The van der Waals surface area contributed by atoms with Crippen LogP contribution in [0.2, 0.25) is 0 Å². The molecular formula is C15H14N6O5. The minimum atomic E-state index is -0.656. The maximum absolute atomic E-state index is 12.3. The number of nitrogens with one attached hydrogen (secondary N) is 2. The third kappa shape index (κ3) is 3.09. The van der Waals surface area contributed by atoms with E-state index in [0.29, 0.717) is 22.6 Å². The van der Waals surface area contributed by atoms with Crippen molar-refractivity contribution in [1.29, 1.82) is 0 Å². The Morgan fingerprint density at radius 2 is 2.08 bits per heavy atom. The Bertz CT molecular complexity index is 1050. The molecule has 0 radical (unpaired) electrons. The first-order valence-electron chi connectivity index (χ1n) is 7.59. The summed E-state index contributed by atoms with van der Waals surface area (Å²) in [6.45, 7) is 3.56. The van der Waals surface area contributed by atoms with E-state index in [1.54, 1.807) is 13.8 Å². The van der Waals surface area contributed by atoms with Gasteiger partial charge in [0.2, 0.25) is 0 Å². The monoisotopic (exact) mass is 358 g/mol. The Morgan fingerprint density at radius 3 is 2.69 bits per heavy atom. The van der Waals surface area contributed by atoms with Gasteiger partial charge in [-0.3, -0.25) is 15.4 Å². The van der Waals surface area contributed by atoms with Crippen molar-refractivity contribution in [1.82, 2.24) is 19.7 Å². The normalized spacial score (nSPS) is 10.7. The molecule has 3 rings (SSSR count). The van der Waals surface area contributed by atoms with Crippen LogP contribution < -0.4 is 11.0 Å². The second kappa shape index (κ2) is 6.63. The largest absolute Gasteiger partial charge is 0.450 e. The molecule has 0 atom stereocenters. The molecule has 2 aromatic heterocycles. The molecule has 134 valence electrons. The third-order valence-corrected chi connectivity index (χ3v) is 3.59. The first kappa shape index (κ1) is 17.1. The number of benzene rings is 1. The summed E-state index contributed by atoms with van der Waals surface area (Å²) in [5.41, 5.74) is 0.673. The van der Waals surface area contributed by atoms with E-state index in [2.05, 4.69) is 20.4 Å².